The van der Waals surface area contributed by atoms with Crippen LogP contribution in [0.25, 0.3) is 0 Å². The number of hydrogen-bond donors (Lipinski definition) is 0. The molecule has 0 heterocycles. The summed E-state index contributed by atoms with van der Waals surface area (Å²) in [6.07, 6.45) is 17.4. The number of rotatable bonds is 16. The molecule has 0 N–H and O–H groups in total. The predicted octanol–water partition coefficient (Wildman–Crippen LogP) is 1.31. The van der Waals surface area contributed by atoms with Crippen LogP contribution < -0.4 is 39.3 Å². The van der Waals surface area contributed by atoms with E-state index in [1.54, 1.807) is 0 Å². The molecule has 0 aliphatic carbocycles. The maximum absolute atomic E-state index is 10.2. The third-order valence-electron chi connectivity index (χ3n) is 3.75. The van der Waals surface area contributed by atoms with E-state index in [1.165, 1.54) is 70.6 Å². The summed E-state index contributed by atoms with van der Waals surface area (Å²) in [5.41, 5.74) is 0. The second-order valence-corrected chi connectivity index (χ2v) is 7.03. The quantitative estimate of drug-likeness (QED) is 0.219. The minimum Gasteiger partial charge on any atom is -0.790 e. The van der Waals surface area contributed by atoms with Crippen LogP contribution in [0.2, 0.25) is 0 Å². The fourth-order valence-electron chi connectivity index (χ4n) is 2.47. The first-order valence-corrected chi connectivity index (χ1v) is 10.2. The summed E-state index contributed by atoms with van der Waals surface area (Å²) in [5.74, 6) is 0. The molecule has 0 saturated heterocycles. The van der Waals surface area contributed by atoms with Gasteiger partial charge in [0.05, 0.1) is 14.4 Å². The van der Waals surface area contributed by atoms with Crippen LogP contribution in [0.3, 0.4) is 0 Å². The molecule has 0 bridgehead atoms. The molecule has 0 aromatic heterocycles. The van der Waals surface area contributed by atoms with Gasteiger partial charge in [0.25, 0.3) is 0 Å². The topological polar surface area (TPSA) is 72.4 Å². The van der Waals surface area contributed by atoms with Crippen LogP contribution in [0, 0.1) is 0 Å². The molecule has 0 fully saturated rings. The molecule has 128 valence electrons. The maximum Gasteiger partial charge on any atom is 2.00 e. The van der Waals surface area contributed by atoms with E-state index in [-0.39, 0.29) is 55.6 Å². The Morgan fingerprint density at radius 2 is 1.00 bits per heavy atom. The van der Waals surface area contributed by atoms with Crippen molar-refractivity contribution in [2.24, 2.45) is 0 Å². The van der Waals surface area contributed by atoms with E-state index in [9.17, 15) is 14.4 Å². The smallest absolute Gasteiger partial charge is 0.790 e. The summed E-state index contributed by atoms with van der Waals surface area (Å²) in [6.45, 7) is 2.29. The number of phosphoric ester groups is 1. The molecule has 0 atom stereocenters. The van der Waals surface area contributed by atoms with Crippen LogP contribution in [-0.2, 0) is 28.6 Å². The monoisotopic (exact) mass is 407 g/mol. The van der Waals surface area contributed by atoms with Gasteiger partial charge in [-0.1, -0.05) is 90.4 Å². The van der Waals surface area contributed by atoms with Crippen LogP contribution >= 0.6 is 7.82 Å². The Kier molecular flexibility index (Phi) is 27.9. The van der Waals surface area contributed by atoms with E-state index < -0.39 is 7.82 Å². The third-order valence-corrected chi connectivity index (χ3v) is 4.25. The van der Waals surface area contributed by atoms with E-state index in [0.717, 1.165) is 12.8 Å². The van der Waals surface area contributed by atoms with Crippen molar-refractivity contribution in [2.75, 3.05) is 6.61 Å². The summed E-state index contributed by atoms with van der Waals surface area (Å²) in [7, 11) is -4.75. The Hall–Kier alpha value is 1.73. The van der Waals surface area contributed by atoms with Gasteiger partial charge in [-0.2, -0.15) is 0 Å². The van der Waals surface area contributed by atoms with Crippen molar-refractivity contribution in [1.29, 1.82) is 0 Å². The predicted molar refractivity (Wildman–Crippen MR) is 83.9 cm³/mol. The molecule has 23 heavy (non-hydrogen) atoms. The van der Waals surface area contributed by atoms with Crippen molar-refractivity contribution in [1.82, 2.24) is 0 Å². The van der Waals surface area contributed by atoms with E-state index in [4.69, 9.17) is 0 Å². The maximum atomic E-state index is 10.2. The van der Waals surface area contributed by atoms with Gasteiger partial charge >= 0.3 is 49.0 Å². The summed E-state index contributed by atoms with van der Waals surface area (Å²) in [6, 6.07) is 0. The van der Waals surface area contributed by atoms with E-state index in [1.807, 2.05) is 0 Å². The van der Waals surface area contributed by atoms with Gasteiger partial charge in [0.15, 0.2) is 0 Å². The molecule has 0 aliphatic rings. The van der Waals surface area contributed by atoms with Crippen LogP contribution in [-0.4, -0.2) is 6.61 Å². The van der Waals surface area contributed by atoms with Crippen molar-refractivity contribution in [2.45, 2.75) is 96.8 Å². The first-order chi connectivity index (χ1) is 10.1. The second kappa shape index (κ2) is 21.8. The van der Waals surface area contributed by atoms with Gasteiger partial charge in [-0.25, -0.2) is 0 Å². The summed E-state index contributed by atoms with van der Waals surface area (Å²) >= 11 is 0. The zero-order valence-electron chi connectivity index (χ0n) is 15.4. The van der Waals surface area contributed by atoms with Gasteiger partial charge in [-0.15, -0.1) is 0 Å². The Morgan fingerprint density at radius 3 is 1.30 bits per heavy atom. The molecule has 0 unspecified atom stereocenters. The Labute approximate surface area is 178 Å². The zero-order valence-corrected chi connectivity index (χ0v) is 21.3. The minimum atomic E-state index is -4.75. The van der Waals surface area contributed by atoms with Crippen molar-refractivity contribution in [3.63, 3.8) is 0 Å². The first kappa shape index (κ1) is 29.5. The molecule has 4 nitrogen and oxygen atoms in total. The first-order valence-electron chi connectivity index (χ1n) is 8.73. The molecule has 7 heteroatoms. The number of phosphoric acid groups is 1. The number of hydrogen-bond acceptors (Lipinski definition) is 4. The molecular weight excluding hydrogens is 376 g/mol. The normalized spacial score (nSPS) is 10.9. The van der Waals surface area contributed by atoms with Crippen molar-refractivity contribution >= 4 is 7.82 Å². The van der Waals surface area contributed by atoms with Crippen LogP contribution in [0.4, 0.5) is 0 Å². The van der Waals surface area contributed by atoms with E-state index in [2.05, 4.69) is 11.4 Å². The summed E-state index contributed by atoms with van der Waals surface area (Å²) in [5, 5.41) is 0. The molecule has 0 aliphatic heterocycles. The molecular formula is C16H33NaO4PZn+. The Morgan fingerprint density at radius 1 is 0.696 bits per heavy atom. The number of unbranched alkanes of at least 4 members (excludes halogenated alkanes) is 13. The van der Waals surface area contributed by atoms with E-state index in [0.29, 0.717) is 6.42 Å². The average molecular weight is 409 g/mol. The van der Waals surface area contributed by atoms with Crippen molar-refractivity contribution in [3.8, 4) is 0 Å². The van der Waals surface area contributed by atoms with Crippen LogP contribution in [0.1, 0.15) is 96.8 Å². The minimum absolute atomic E-state index is 0. The molecule has 0 radical (unpaired) electrons. The largest absolute Gasteiger partial charge is 2.00 e. The SMILES string of the molecule is CCCCCCCCCCCCCCCCOP(=O)([O-])[O-].[Na+].[Zn+2]. The van der Waals surface area contributed by atoms with Gasteiger partial charge in [-0.05, 0) is 6.42 Å². The fourth-order valence-corrected chi connectivity index (χ4v) is 2.83. The molecule has 0 rings (SSSR count). The van der Waals surface area contributed by atoms with Gasteiger partial charge < -0.3 is 18.9 Å². The van der Waals surface area contributed by atoms with E-state index >= 15 is 0 Å². The Balaban J connectivity index is -0.00000200. The van der Waals surface area contributed by atoms with Crippen LogP contribution in [0.5, 0.6) is 0 Å². The standard InChI is InChI=1S/C16H35O4P.Na.Zn/c1-2-3-4-5-6-7-8-9-10-11-12-13-14-15-16-20-21(17,18)19;;/h2-16H2,1H3,(H2,17,18,19);;/q;+1;+2/p-2. The second-order valence-electron chi connectivity index (χ2n) is 5.88. The molecule has 0 saturated carbocycles. The Bertz CT molecular complexity index is 264. The van der Waals surface area contributed by atoms with Gasteiger partial charge in [0.1, 0.15) is 0 Å². The molecule has 0 aromatic carbocycles. The summed E-state index contributed by atoms with van der Waals surface area (Å²) < 4.78 is 14.4. The van der Waals surface area contributed by atoms with Gasteiger partial charge in [-0.3, -0.25) is 0 Å². The third kappa shape index (κ3) is 28.8. The van der Waals surface area contributed by atoms with Crippen molar-refractivity contribution < 1.29 is 67.9 Å². The fraction of sp³-hybridized carbons (Fsp3) is 1.00. The average Bonchev–Trinajstić information content (AvgIpc) is 2.42. The van der Waals surface area contributed by atoms with Crippen molar-refractivity contribution in [3.05, 3.63) is 0 Å². The summed E-state index contributed by atoms with van der Waals surface area (Å²) in [4.78, 5) is 20.4. The van der Waals surface area contributed by atoms with Crippen LogP contribution in [0.15, 0.2) is 0 Å². The molecule has 0 amide bonds. The molecule has 0 spiro atoms. The molecule has 0 aromatic rings. The zero-order chi connectivity index (χ0) is 15.8. The van der Waals surface area contributed by atoms with Gasteiger partial charge in [0, 0.05) is 0 Å². The van der Waals surface area contributed by atoms with Gasteiger partial charge in [0.2, 0.25) is 0 Å².